The van der Waals surface area contributed by atoms with Crippen molar-refractivity contribution in [1.29, 1.82) is 0 Å². The summed E-state index contributed by atoms with van der Waals surface area (Å²) < 4.78 is 4.83. The number of hydrogen-bond acceptors (Lipinski definition) is 1. The molecule has 0 bridgehead atoms. The molecular formula is C12H16O. The third-order valence-electron chi connectivity index (χ3n) is 1.35. The summed E-state index contributed by atoms with van der Waals surface area (Å²) in [6.07, 6.45) is 5.10. The molecule has 0 aliphatic rings. The van der Waals surface area contributed by atoms with Crippen LogP contribution in [0.5, 0.6) is 0 Å². The van der Waals surface area contributed by atoms with E-state index in [0.29, 0.717) is 0 Å². The van der Waals surface area contributed by atoms with Gasteiger partial charge in [0, 0.05) is 18.8 Å². The summed E-state index contributed by atoms with van der Waals surface area (Å²) in [4.78, 5) is 0. The normalized spacial score (nSPS) is 8.08. The Kier molecular flexibility index (Phi) is 7.98. The van der Waals surface area contributed by atoms with Crippen molar-refractivity contribution in [2.75, 3.05) is 13.2 Å². The molecule has 0 aliphatic heterocycles. The van der Waals surface area contributed by atoms with E-state index in [1.807, 2.05) is 44.2 Å². The van der Waals surface area contributed by atoms with Gasteiger partial charge in [-0.1, -0.05) is 24.1 Å². The van der Waals surface area contributed by atoms with Crippen LogP contribution < -0.4 is 0 Å². The van der Waals surface area contributed by atoms with Gasteiger partial charge in [0.25, 0.3) is 0 Å². The van der Waals surface area contributed by atoms with E-state index >= 15 is 0 Å². The second-order valence-corrected chi connectivity index (χ2v) is 2.29. The molecule has 70 valence electrons. The van der Waals surface area contributed by atoms with Crippen molar-refractivity contribution >= 4 is 0 Å². The van der Waals surface area contributed by atoms with E-state index in [0.717, 1.165) is 18.8 Å². The Bertz CT molecular complexity index is 231. The van der Waals surface area contributed by atoms with E-state index < -0.39 is 0 Å². The summed E-state index contributed by atoms with van der Waals surface area (Å²) >= 11 is 0. The minimum atomic E-state index is 0.844. The highest BCUT2D eigenvalue weighted by Gasteiger charge is 1.76. The molecule has 0 saturated carbocycles. The van der Waals surface area contributed by atoms with Gasteiger partial charge in [-0.05, 0) is 26.0 Å². The summed E-state index contributed by atoms with van der Waals surface area (Å²) in [5.74, 6) is 2.53. The summed E-state index contributed by atoms with van der Waals surface area (Å²) in [6.45, 7) is 5.67. The molecule has 0 aromatic heterocycles. The Labute approximate surface area is 80.7 Å². The van der Waals surface area contributed by atoms with E-state index in [-0.39, 0.29) is 0 Å². The maximum atomic E-state index is 5.10. The predicted molar refractivity (Wildman–Crippen MR) is 56.5 cm³/mol. The SMILES string of the molecule is C#Cc1ccccc1.CCOCC. The van der Waals surface area contributed by atoms with Gasteiger partial charge in [0.2, 0.25) is 0 Å². The third-order valence-corrected chi connectivity index (χ3v) is 1.35. The monoisotopic (exact) mass is 176 g/mol. The quantitative estimate of drug-likeness (QED) is 0.629. The van der Waals surface area contributed by atoms with E-state index in [9.17, 15) is 0 Å². The maximum Gasteiger partial charge on any atom is 0.0437 e. The largest absolute Gasteiger partial charge is 0.382 e. The highest BCUT2D eigenvalue weighted by molar-refractivity contribution is 5.30. The first-order valence-corrected chi connectivity index (χ1v) is 4.44. The Morgan fingerprint density at radius 2 is 1.69 bits per heavy atom. The minimum absolute atomic E-state index is 0.844. The van der Waals surface area contributed by atoms with Gasteiger partial charge in [0.1, 0.15) is 0 Å². The zero-order chi connectivity index (χ0) is 9.94. The second kappa shape index (κ2) is 8.83. The van der Waals surface area contributed by atoms with Gasteiger partial charge < -0.3 is 4.74 Å². The van der Waals surface area contributed by atoms with Crippen molar-refractivity contribution in [2.45, 2.75) is 13.8 Å². The van der Waals surface area contributed by atoms with E-state index in [1.54, 1.807) is 0 Å². The van der Waals surface area contributed by atoms with Crippen LogP contribution in [0, 0.1) is 12.3 Å². The lowest BCUT2D eigenvalue weighted by Crippen LogP contribution is -1.84. The number of hydrogen-bond donors (Lipinski definition) is 0. The van der Waals surface area contributed by atoms with Gasteiger partial charge in [0.05, 0.1) is 0 Å². The molecule has 0 amide bonds. The van der Waals surface area contributed by atoms with Crippen LogP contribution in [0.1, 0.15) is 19.4 Å². The molecule has 0 radical (unpaired) electrons. The molecule has 0 N–H and O–H groups in total. The summed E-state index contributed by atoms with van der Waals surface area (Å²) in [7, 11) is 0. The molecule has 1 aromatic rings. The lowest BCUT2D eigenvalue weighted by atomic mass is 10.2. The molecule has 0 fully saturated rings. The topological polar surface area (TPSA) is 9.23 Å². The average molecular weight is 176 g/mol. The summed E-state index contributed by atoms with van der Waals surface area (Å²) in [5, 5.41) is 0. The van der Waals surface area contributed by atoms with Crippen LogP contribution in [0.3, 0.4) is 0 Å². The molecule has 1 rings (SSSR count). The van der Waals surface area contributed by atoms with Gasteiger partial charge in [-0.2, -0.15) is 0 Å². The van der Waals surface area contributed by atoms with Crippen LogP contribution in [-0.2, 0) is 4.74 Å². The smallest absolute Gasteiger partial charge is 0.0437 e. The molecule has 0 aliphatic carbocycles. The highest BCUT2D eigenvalue weighted by Crippen LogP contribution is 1.92. The molecule has 0 spiro atoms. The second-order valence-electron chi connectivity index (χ2n) is 2.29. The van der Waals surface area contributed by atoms with Crippen molar-refractivity contribution in [3.8, 4) is 12.3 Å². The Morgan fingerprint density at radius 1 is 1.15 bits per heavy atom. The van der Waals surface area contributed by atoms with Crippen molar-refractivity contribution < 1.29 is 4.74 Å². The number of benzene rings is 1. The maximum absolute atomic E-state index is 5.10. The van der Waals surface area contributed by atoms with Crippen molar-refractivity contribution in [3.05, 3.63) is 35.9 Å². The molecule has 1 heteroatoms. The van der Waals surface area contributed by atoms with Crippen LogP contribution in [-0.4, -0.2) is 13.2 Å². The molecule has 1 nitrogen and oxygen atoms in total. The first kappa shape index (κ1) is 11.7. The predicted octanol–water partition coefficient (Wildman–Crippen LogP) is 2.71. The molecular weight excluding hydrogens is 160 g/mol. The Hall–Kier alpha value is -1.26. The summed E-state index contributed by atoms with van der Waals surface area (Å²) in [5.41, 5.74) is 0.938. The first-order chi connectivity index (χ1) is 6.35. The van der Waals surface area contributed by atoms with Crippen LogP contribution in [0.25, 0.3) is 0 Å². The van der Waals surface area contributed by atoms with Crippen LogP contribution in [0.15, 0.2) is 30.3 Å². The van der Waals surface area contributed by atoms with Gasteiger partial charge in [-0.15, -0.1) is 6.42 Å². The van der Waals surface area contributed by atoms with Crippen LogP contribution in [0.4, 0.5) is 0 Å². The van der Waals surface area contributed by atoms with Gasteiger partial charge in [-0.3, -0.25) is 0 Å². The van der Waals surface area contributed by atoms with Gasteiger partial charge >= 0.3 is 0 Å². The highest BCUT2D eigenvalue weighted by atomic mass is 16.5. The van der Waals surface area contributed by atoms with Crippen LogP contribution in [0.2, 0.25) is 0 Å². The van der Waals surface area contributed by atoms with E-state index in [2.05, 4.69) is 5.92 Å². The molecule has 0 unspecified atom stereocenters. The van der Waals surface area contributed by atoms with Gasteiger partial charge in [-0.25, -0.2) is 0 Å². The summed E-state index contributed by atoms with van der Waals surface area (Å²) in [6, 6.07) is 9.60. The van der Waals surface area contributed by atoms with E-state index in [1.165, 1.54) is 0 Å². The minimum Gasteiger partial charge on any atom is -0.382 e. The van der Waals surface area contributed by atoms with Crippen molar-refractivity contribution in [1.82, 2.24) is 0 Å². The zero-order valence-corrected chi connectivity index (χ0v) is 8.29. The van der Waals surface area contributed by atoms with Crippen molar-refractivity contribution in [2.24, 2.45) is 0 Å². The molecule has 0 saturated heterocycles. The third kappa shape index (κ3) is 7.11. The lowest BCUT2D eigenvalue weighted by Gasteiger charge is -1.86. The van der Waals surface area contributed by atoms with Crippen LogP contribution >= 0.6 is 0 Å². The molecule has 0 atom stereocenters. The first-order valence-electron chi connectivity index (χ1n) is 4.44. The number of ether oxygens (including phenoxy) is 1. The molecule has 13 heavy (non-hydrogen) atoms. The number of rotatable bonds is 2. The lowest BCUT2D eigenvalue weighted by molar-refractivity contribution is 0.162. The Balaban J connectivity index is 0.000000252. The Morgan fingerprint density at radius 3 is 1.92 bits per heavy atom. The fourth-order valence-corrected chi connectivity index (χ4v) is 0.739. The average Bonchev–Trinajstić information content (AvgIpc) is 2.21. The molecule has 0 heterocycles. The fourth-order valence-electron chi connectivity index (χ4n) is 0.739. The number of terminal acetylenes is 1. The van der Waals surface area contributed by atoms with Crippen molar-refractivity contribution in [3.63, 3.8) is 0 Å². The van der Waals surface area contributed by atoms with Gasteiger partial charge in [0.15, 0.2) is 0 Å². The standard InChI is InChI=1S/C8H6.C4H10O/c1-2-8-6-4-3-5-7-8;1-3-5-4-2/h1,3-7H;3-4H2,1-2H3. The molecule has 1 aromatic carbocycles. The fraction of sp³-hybridized carbons (Fsp3) is 0.333. The van der Waals surface area contributed by atoms with E-state index in [4.69, 9.17) is 11.2 Å². The zero-order valence-electron chi connectivity index (χ0n) is 8.29.